The molecule has 0 aliphatic carbocycles. The Labute approximate surface area is 122 Å². The smallest absolute Gasteiger partial charge is 0.325 e. The summed E-state index contributed by atoms with van der Waals surface area (Å²) < 4.78 is 21.0. The summed E-state index contributed by atoms with van der Waals surface area (Å²) >= 11 is 4.51. The molecule has 0 unspecified atom stereocenters. The van der Waals surface area contributed by atoms with Gasteiger partial charge in [-0.3, -0.25) is 4.31 Å². The third-order valence-corrected chi connectivity index (χ3v) is 4.85. The minimum absolute atomic E-state index is 0.361. The Morgan fingerprint density at radius 2 is 2.32 bits per heavy atom. The van der Waals surface area contributed by atoms with E-state index in [1.54, 1.807) is 6.07 Å². The molecule has 2 aliphatic rings. The highest BCUT2D eigenvalue weighted by atomic mass is 79.9. The minimum atomic E-state index is -0.471. The number of ether oxygens (including phenoxy) is 1. The first-order valence-electron chi connectivity index (χ1n) is 5.65. The summed E-state index contributed by atoms with van der Waals surface area (Å²) in [7, 11) is 0. The Bertz CT molecular complexity index is 606. The van der Waals surface area contributed by atoms with Gasteiger partial charge in [0.05, 0.1) is 17.6 Å². The van der Waals surface area contributed by atoms with Crippen LogP contribution in [0.25, 0.3) is 5.57 Å². The lowest BCUT2D eigenvalue weighted by atomic mass is 10.0. The molecule has 100 valence electrons. The predicted molar refractivity (Wildman–Crippen MR) is 75.0 cm³/mol. The quantitative estimate of drug-likeness (QED) is 0.735. The fourth-order valence-electron chi connectivity index (χ4n) is 2.14. The van der Waals surface area contributed by atoms with Crippen molar-refractivity contribution in [2.24, 2.45) is 5.73 Å². The molecule has 2 aliphatic heterocycles. The van der Waals surface area contributed by atoms with Crippen LogP contribution in [0.4, 0.5) is 9.18 Å². The Hall–Kier alpha value is -1.21. The molecule has 4 nitrogen and oxygen atoms in total. The molecule has 0 aromatic heterocycles. The van der Waals surface area contributed by atoms with E-state index in [0.29, 0.717) is 29.8 Å². The largest absolute Gasteiger partial charge is 0.492 e. The molecule has 0 atom stereocenters. The molecule has 7 heteroatoms. The zero-order valence-corrected chi connectivity index (χ0v) is 12.2. The highest BCUT2D eigenvalue weighted by molar-refractivity contribution is 9.10. The van der Waals surface area contributed by atoms with Crippen LogP contribution in [0.15, 0.2) is 21.5 Å². The van der Waals surface area contributed by atoms with Crippen molar-refractivity contribution in [2.45, 2.75) is 6.42 Å². The second kappa shape index (κ2) is 4.72. The summed E-state index contributed by atoms with van der Waals surface area (Å²) in [5.74, 6) is 0.151. The van der Waals surface area contributed by atoms with Gasteiger partial charge >= 0.3 is 6.03 Å². The van der Waals surface area contributed by atoms with E-state index < -0.39 is 6.03 Å². The van der Waals surface area contributed by atoms with Crippen LogP contribution in [-0.2, 0) is 0 Å². The van der Waals surface area contributed by atoms with Gasteiger partial charge in [0.25, 0.3) is 0 Å². The molecule has 0 radical (unpaired) electrons. The van der Waals surface area contributed by atoms with Crippen LogP contribution < -0.4 is 10.5 Å². The van der Waals surface area contributed by atoms with Crippen molar-refractivity contribution < 1.29 is 13.9 Å². The maximum atomic E-state index is 13.6. The van der Waals surface area contributed by atoms with Gasteiger partial charge in [-0.05, 0) is 39.5 Å². The van der Waals surface area contributed by atoms with Crippen LogP contribution in [0.3, 0.4) is 0 Å². The predicted octanol–water partition coefficient (Wildman–Crippen LogP) is 3.12. The number of carbonyl (C=O) groups excluding carboxylic acids is 1. The van der Waals surface area contributed by atoms with Crippen molar-refractivity contribution >= 4 is 39.5 Å². The molecule has 0 saturated carbocycles. The van der Waals surface area contributed by atoms with E-state index in [1.807, 2.05) is 0 Å². The van der Waals surface area contributed by atoms with Gasteiger partial charge < -0.3 is 10.5 Å². The average Bonchev–Trinajstić information content (AvgIpc) is 2.71. The Morgan fingerprint density at radius 3 is 3.05 bits per heavy atom. The number of nitrogens with two attached hydrogens (primary N) is 1. The van der Waals surface area contributed by atoms with Gasteiger partial charge in [0.1, 0.15) is 11.6 Å². The van der Waals surface area contributed by atoms with E-state index in [-0.39, 0.29) is 5.82 Å². The van der Waals surface area contributed by atoms with Crippen LogP contribution in [0, 0.1) is 5.82 Å². The van der Waals surface area contributed by atoms with E-state index in [0.717, 1.165) is 16.0 Å². The number of hydrogen-bond acceptors (Lipinski definition) is 3. The molecule has 0 fully saturated rings. The molecule has 2 heterocycles. The lowest BCUT2D eigenvalue weighted by Gasteiger charge is -2.14. The molecule has 0 spiro atoms. The fourth-order valence-corrected chi connectivity index (χ4v) is 3.50. The van der Waals surface area contributed by atoms with E-state index in [2.05, 4.69) is 15.9 Å². The van der Waals surface area contributed by atoms with Crippen LogP contribution in [0.1, 0.15) is 12.0 Å². The van der Waals surface area contributed by atoms with Crippen molar-refractivity contribution in [3.8, 4) is 5.75 Å². The Morgan fingerprint density at radius 1 is 1.53 bits per heavy atom. The third kappa shape index (κ3) is 2.21. The zero-order chi connectivity index (χ0) is 13.6. The lowest BCUT2D eigenvalue weighted by Crippen LogP contribution is -2.28. The van der Waals surface area contributed by atoms with Gasteiger partial charge in [-0.2, -0.15) is 0 Å². The first-order valence-corrected chi connectivity index (χ1v) is 7.22. The first-order chi connectivity index (χ1) is 9.06. The molecule has 19 heavy (non-hydrogen) atoms. The molecule has 1 aromatic carbocycles. The monoisotopic (exact) mass is 344 g/mol. The molecule has 1 aromatic rings. The van der Waals surface area contributed by atoms with E-state index in [1.165, 1.54) is 22.3 Å². The number of fused-ring (bicyclic) bond motifs is 2. The number of urea groups is 1. The van der Waals surface area contributed by atoms with Crippen LogP contribution in [-0.4, -0.2) is 23.5 Å². The van der Waals surface area contributed by atoms with Crippen LogP contribution in [0.2, 0.25) is 0 Å². The molecular formula is C12H10BrFN2O2S. The number of carbonyl (C=O) groups is 1. The van der Waals surface area contributed by atoms with E-state index in [4.69, 9.17) is 10.5 Å². The maximum absolute atomic E-state index is 13.6. The summed E-state index contributed by atoms with van der Waals surface area (Å²) in [5, 5.41) is 0. The van der Waals surface area contributed by atoms with Crippen molar-refractivity contribution in [3.63, 3.8) is 0 Å². The van der Waals surface area contributed by atoms with Gasteiger partial charge in [0, 0.05) is 23.0 Å². The summed E-state index contributed by atoms with van der Waals surface area (Å²) in [4.78, 5) is 12.3. The van der Waals surface area contributed by atoms with Gasteiger partial charge in [0.15, 0.2) is 0 Å². The third-order valence-electron chi connectivity index (χ3n) is 3.04. The van der Waals surface area contributed by atoms with E-state index >= 15 is 0 Å². The zero-order valence-electron chi connectivity index (χ0n) is 9.78. The highest BCUT2D eigenvalue weighted by Gasteiger charge is 2.30. The second-order valence-corrected chi connectivity index (χ2v) is 6.20. The van der Waals surface area contributed by atoms with Crippen molar-refractivity contribution in [1.82, 2.24) is 4.31 Å². The standard InChI is InChI=1S/C12H10BrFN2O2S/c13-8-3-6-7-5-16(12(15)17)19-11(7)1-2-18-10(6)4-9(8)14/h3-4H,1-2,5H2,(H2,15,17). The lowest BCUT2D eigenvalue weighted by molar-refractivity contribution is 0.238. The second-order valence-electron chi connectivity index (χ2n) is 4.23. The van der Waals surface area contributed by atoms with Crippen LogP contribution in [0.5, 0.6) is 5.75 Å². The number of primary amides is 1. The van der Waals surface area contributed by atoms with Gasteiger partial charge in [-0.15, -0.1) is 0 Å². The molecule has 3 rings (SSSR count). The molecule has 2 N–H and O–H groups in total. The number of benzene rings is 1. The summed E-state index contributed by atoms with van der Waals surface area (Å²) in [6.45, 7) is 0.885. The first kappa shape index (κ1) is 12.8. The summed E-state index contributed by atoms with van der Waals surface area (Å²) in [5.41, 5.74) is 7.10. The summed E-state index contributed by atoms with van der Waals surface area (Å²) in [6, 6.07) is 2.59. The number of halogens is 2. The maximum Gasteiger partial charge on any atom is 0.325 e. The topological polar surface area (TPSA) is 55.6 Å². The number of amides is 2. The molecule has 0 saturated heterocycles. The van der Waals surface area contributed by atoms with Gasteiger partial charge in [-0.1, -0.05) is 0 Å². The van der Waals surface area contributed by atoms with Crippen molar-refractivity contribution in [2.75, 3.05) is 13.2 Å². The minimum Gasteiger partial charge on any atom is -0.492 e. The molecule has 0 bridgehead atoms. The fraction of sp³-hybridized carbons (Fsp3) is 0.250. The molecular weight excluding hydrogens is 335 g/mol. The van der Waals surface area contributed by atoms with Crippen LogP contribution >= 0.6 is 27.9 Å². The average molecular weight is 345 g/mol. The number of nitrogens with zero attached hydrogens (tertiary/aromatic N) is 1. The molecule has 2 amide bonds. The van der Waals surface area contributed by atoms with Gasteiger partial charge in [-0.25, -0.2) is 9.18 Å². The van der Waals surface area contributed by atoms with Gasteiger partial charge in [0.2, 0.25) is 0 Å². The normalized spacial score (nSPS) is 17.7. The number of hydrogen-bond donors (Lipinski definition) is 1. The highest BCUT2D eigenvalue weighted by Crippen LogP contribution is 2.45. The van der Waals surface area contributed by atoms with Crippen molar-refractivity contribution in [3.05, 3.63) is 32.9 Å². The SMILES string of the molecule is NC(=O)N1CC2=C(CCOc3cc(F)c(Br)cc32)S1. The summed E-state index contributed by atoms with van der Waals surface area (Å²) in [6.07, 6.45) is 0.692. The Balaban J connectivity index is 2.07. The van der Waals surface area contributed by atoms with E-state index in [9.17, 15) is 9.18 Å². The van der Waals surface area contributed by atoms with Crippen molar-refractivity contribution in [1.29, 1.82) is 0 Å². The Kier molecular flexibility index (Phi) is 3.18. The number of rotatable bonds is 0.